The molecule has 3 rings (SSSR count). The number of hydrogen-bond acceptors (Lipinski definition) is 6. The van der Waals surface area contributed by atoms with Gasteiger partial charge in [-0.25, -0.2) is 13.2 Å². The molecule has 0 aromatic heterocycles. The lowest BCUT2D eigenvalue weighted by atomic mass is 9.91. The van der Waals surface area contributed by atoms with Crippen LogP contribution in [0, 0.1) is 13.8 Å². The van der Waals surface area contributed by atoms with E-state index >= 15 is 0 Å². The number of aryl methyl sites for hydroxylation is 2. The monoisotopic (exact) mass is 450 g/mol. The number of carbonyl (C=O) groups is 2. The summed E-state index contributed by atoms with van der Waals surface area (Å²) in [6.07, 6.45) is 2.35. The van der Waals surface area contributed by atoms with Gasteiger partial charge in [0.2, 0.25) is 10.0 Å². The minimum absolute atomic E-state index is 0.168. The third-order valence-corrected chi connectivity index (χ3v) is 7.74. The fourth-order valence-corrected chi connectivity index (χ4v) is 5.20. The number of imide groups is 1. The number of aliphatic hydroxyl groups is 1. The molecule has 9 nitrogen and oxygen atoms in total. The lowest BCUT2D eigenvalue weighted by Gasteiger charge is -2.36. The largest absolute Gasteiger partial charge is 0.394 e. The molecule has 2 aliphatic heterocycles. The summed E-state index contributed by atoms with van der Waals surface area (Å²) in [5.41, 5.74) is 7.15. The van der Waals surface area contributed by atoms with Crippen LogP contribution in [0.25, 0.3) is 6.08 Å². The first kappa shape index (κ1) is 23.4. The van der Waals surface area contributed by atoms with Crippen LogP contribution in [0.3, 0.4) is 0 Å². The number of amides is 3. The maximum atomic E-state index is 12.8. The van der Waals surface area contributed by atoms with Gasteiger partial charge in [0.1, 0.15) is 5.54 Å². The number of urea groups is 1. The Morgan fingerprint density at radius 1 is 1.16 bits per heavy atom. The van der Waals surface area contributed by atoms with Crippen LogP contribution in [0.4, 0.5) is 10.5 Å². The maximum Gasteiger partial charge on any atom is 0.329 e. The molecule has 0 bridgehead atoms. The number of nitrogens with two attached hydrogens (primary N) is 1. The zero-order valence-corrected chi connectivity index (χ0v) is 19.1. The van der Waals surface area contributed by atoms with Crippen molar-refractivity contribution < 1.29 is 23.1 Å². The average Bonchev–Trinajstić information content (AvgIpc) is 2.88. The molecule has 170 valence electrons. The Morgan fingerprint density at radius 3 is 2.16 bits per heavy atom. The van der Waals surface area contributed by atoms with Crippen LogP contribution in [0.2, 0.25) is 0 Å². The van der Waals surface area contributed by atoms with Gasteiger partial charge in [0.05, 0.1) is 6.61 Å². The third kappa shape index (κ3) is 4.38. The van der Waals surface area contributed by atoms with Crippen molar-refractivity contribution in [2.24, 2.45) is 5.73 Å². The van der Waals surface area contributed by atoms with Gasteiger partial charge in [-0.2, -0.15) is 4.31 Å². The van der Waals surface area contributed by atoms with Crippen LogP contribution in [0.5, 0.6) is 0 Å². The van der Waals surface area contributed by atoms with Crippen molar-refractivity contribution in [3.8, 4) is 0 Å². The standard InChI is InChI=1S/C21H30N4O5S/c1-14-11-16(25-19(28)23-18(27)20(25,3)4)12-15(2)17(14)5-10-31(29,30)24-8-6-21(22,13-26)7-9-24/h5,10-12,26H,6-9,13,22H2,1-4H3,(H,23,27,28)/b10-5+. The first-order valence-electron chi connectivity index (χ1n) is 10.2. The van der Waals surface area contributed by atoms with Gasteiger partial charge in [0, 0.05) is 29.7 Å². The summed E-state index contributed by atoms with van der Waals surface area (Å²) in [7, 11) is -3.64. The number of nitrogens with one attached hydrogen (secondary N) is 1. The summed E-state index contributed by atoms with van der Waals surface area (Å²) in [5.74, 6) is -0.368. The van der Waals surface area contributed by atoms with E-state index in [9.17, 15) is 23.1 Å². The highest BCUT2D eigenvalue weighted by Crippen LogP contribution is 2.32. The molecule has 4 N–H and O–H groups in total. The van der Waals surface area contributed by atoms with Crippen molar-refractivity contribution in [2.75, 3.05) is 24.6 Å². The molecular formula is C21H30N4O5S. The summed E-state index contributed by atoms with van der Waals surface area (Å²) in [6.45, 7) is 7.35. The SMILES string of the molecule is Cc1cc(N2C(=O)NC(=O)C2(C)C)cc(C)c1/C=C/S(=O)(=O)N1CCC(N)(CO)CC1. The van der Waals surface area contributed by atoms with Gasteiger partial charge in [0.15, 0.2) is 0 Å². The van der Waals surface area contributed by atoms with Gasteiger partial charge in [-0.3, -0.25) is 15.0 Å². The predicted molar refractivity (Wildman–Crippen MR) is 119 cm³/mol. The molecule has 0 aliphatic carbocycles. The van der Waals surface area contributed by atoms with Gasteiger partial charge in [0.25, 0.3) is 5.91 Å². The smallest absolute Gasteiger partial charge is 0.329 e. The van der Waals surface area contributed by atoms with Crippen LogP contribution >= 0.6 is 0 Å². The third-order valence-electron chi connectivity index (χ3n) is 6.17. The summed E-state index contributed by atoms with van der Waals surface area (Å²) < 4.78 is 26.9. The molecule has 1 aromatic rings. The summed E-state index contributed by atoms with van der Waals surface area (Å²) in [5, 5.41) is 12.9. The van der Waals surface area contributed by atoms with E-state index < -0.39 is 27.1 Å². The molecule has 2 heterocycles. The first-order valence-corrected chi connectivity index (χ1v) is 11.7. The number of piperidine rings is 1. The van der Waals surface area contributed by atoms with Crippen LogP contribution in [0.1, 0.15) is 43.4 Å². The van der Waals surface area contributed by atoms with Gasteiger partial charge in [-0.1, -0.05) is 0 Å². The Bertz CT molecular complexity index is 1020. The van der Waals surface area contributed by atoms with Crippen molar-refractivity contribution in [1.29, 1.82) is 0 Å². The molecule has 2 aliphatic rings. The van der Waals surface area contributed by atoms with Gasteiger partial charge in [-0.15, -0.1) is 0 Å². The van der Waals surface area contributed by atoms with Crippen molar-refractivity contribution in [3.05, 3.63) is 34.2 Å². The van der Waals surface area contributed by atoms with Gasteiger partial charge < -0.3 is 10.8 Å². The molecule has 0 saturated carbocycles. The Kier molecular flexibility index (Phi) is 6.05. The van der Waals surface area contributed by atoms with E-state index in [1.165, 1.54) is 14.6 Å². The van der Waals surface area contributed by atoms with E-state index in [1.54, 1.807) is 32.1 Å². The second-order valence-electron chi connectivity index (χ2n) is 8.91. The molecule has 0 spiro atoms. The van der Waals surface area contributed by atoms with Crippen LogP contribution in [-0.2, 0) is 14.8 Å². The lowest BCUT2D eigenvalue weighted by Crippen LogP contribution is -2.53. The van der Waals surface area contributed by atoms with Crippen molar-refractivity contribution in [2.45, 2.75) is 51.6 Å². The van der Waals surface area contributed by atoms with E-state index in [1.807, 2.05) is 13.8 Å². The molecule has 10 heteroatoms. The van der Waals surface area contributed by atoms with Crippen LogP contribution in [-0.4, -0.2) is 60.5 Å². The number of aliphatic hydroxyl groups excluding tert-OH is 1. The van der Waals surface area contributed by atoms with E-state index in [2.05, 4.69) is 5.32 Å². The van der Waals surface area contributed by atoms with Crippen LogP contribution in [0.15, 0.2) is 17.5 Å². The summed E-state index contributed by atoms with van der Waals surface area (Å²) in [6, 6.07) is 3.05. The predicted octanol–water partition coefficient (Wildman–Crippen LogP) is 1.22. The second-order valence-corrected chi connectivity index (χ2v) is 10.7. The number of carbonyl (C=O) groups excluding carboxylic acids is 2. The normalized spacial score (nSPS) is 21.7. The van der Waals surface area contributed by atoms with Crippen molar-refractivity contribution >= 4 is 33.7 Å². The second kappa shape index (κ2) is 8.01. The molecule has 2 saturated heterocycles. The Hall–Kier alpha value is -2.27. The lowest BCUT2D eigenvalue weighted by molar-refractivity contribution is -0.122. The number of rotatable bonds is 5. The minimum Gasteiger partial charge on any atom is -0.394 e. The fraction of sp³-hybridized carbons (Fsp3) is 0.524. The molecule has 3 amide bonds. The zero-order chi connectivity index (χ0) is 23.2. The van der Waals surface area contributed by atoms with E-state index in [0.717, 1.165) is 16.7 Å². The first-order chi connectivity index (χ1) is 14.3. The van der Waals surface area contributed by atoms with Crippen molar-refractivity contribution in [1.82, 2.24) is 9.62 Å². The van der Waals surface area contributed by atoms with Gasteiger partial charge >= 0.3 is 6.03 Å². The Labute approximate surface area is 182 Å². The number of hydrogen-bond donors (Lipinski definition) is 3. The summed E-state index contributed by atoms with van der Waals surface area (Å²) >= 11 is 0. The van der Waals surface area contributed by atoms with E-state index in [0.29, 0.717) is 18.5 Å². The van der Waals surface area contributed by atoms with Gasteiger partial charge in [-0.05, 0) is 75.4 Å². The van der Waals surface area contributed by atoms with Crippen molar-refractivity contribution in [3.63, 3.8) is 0 Å². The summed E-state index contributed by atoms with van der Waals surface area (Å²) in [4.78, 5) is 25.8. The molecule has 0 unspecified atom stereocenters. The number of nitrogens with zero attached hydrogens (tertiary/aromatic N) is 2. The number of anilines is 1. The zero-order valence-electron chi connectivity index (χ0n) is 18.3. The van der Waals surface area contributed by atoms with Crippen LogP contribution < -0.4 is 16.0 Å². The molecule has 2 fully saturated rings. The highest BCUT2D eigenvalue weighted by atomic mass is 32.2. The highest BCUT2D eigenvalue weighted by molar-refractivity contribution is 7.92. The topological polar surface area (TPSA) is 133 Å². The number of benzene rings is 1. The maximum absolute atomic E-state index is 12.8. The Balaban J connectivity index is 1.84. The molecule has 0 radical (unpaired) electrons. The van der Waals surface area contributed by atoms with E-state index in [-0.39, 0.29) is 25.6 Å². The number of sulfonamides is 1. The average molecular weight is 451 g/mol. The fourth-order valence-electron chi connectivity index (χ4n) is 4.03. The Morgan fingerprint density at radius 2 is 1.71 bits per heavy atom. The molecular weight excluding hydrogens is 420 g/mol. The minimum atomic E-state index is -3.64. The molecule has 31 heavy (non-hydrogen) atoms. The highest BCUT2D eigenvalue weighted by Gasteiger charge is 2.46. The van der Waals surface area contributed by atoms with E-state index in [4.69, 9.17) is 5.73 Å². The molecule has 0 atom stereocenters. The quantitative estimate of drug-likeness (QED) is 0.578. The molecule has 1 aromatic carbocycles.